The van der Waals surface area contributed by atoms with Gasteiger partial charge in [-0.15, -0.1) is 0 Å². The van der Waals surface area contributed by atoms with Crippen LogP contribution in [0.25, 0.3) is 6.08 Å². The topological polar surface area (TPSA) is 88.6 Å². The SMILES string of the molecule is O=C(/C=C/c1ccc([N+](=O)[O-])cc1)NCC(c1ccco1)N1CCCCC1. The van der Waals surface area contributed by atoms with Crippen LogP contribution < -0.4 is 5.32 Å². The van der Waals surface area contributed by atoms with Crippen molar-refractivity contribution in [3.63, 3.8) is 0 Å². The molecule has 7 nitrogen and oxygen atoms in total. The lowest BCUT2D eigenvalue weighted by molar-refractivity contribution is -0.384. The molecule has 142 valence electrons. The second kappa shape index (κ2) is 9.14. The number of non-ortho nitro benzene ring substituents is 1. The minimum absolute atomic E-state index is 0.0250. The Kier molecular flexibility index (Phi) is 6.38. The van der Waals surface area contributed by atoms with Crippen molar-refractivity contribution < 1.29 is 14.1 Å². The van der Waals surface area contributed by atoms with Crippen molar-refractivity contribution >= 4 is 17.7 Å². The molecule has 0 spiro atoms. The molecule has 2 aromatic rings. The molecule has 27 heavy (non-hydrogen) atoms. The van der Waals surface area contributed by atoms with Gasteiger partial charge in [0.15, 0.2) is 0 Å². The van der Waals surface area contributed by atoms with Gasteiger partial charge in [0.25, 0.3) is 5.69 Å². The van der Waals surface area contributed by atoms with Gasteiger partial charge < -0.3 is 9.73 Å². The molecule has 1 N–H and O–H groups in total. The number of hydrogen-bond donors (Lipinski definition) is 1. The highest BCUT2D eigenvalue weighted by atomic mass is 16.6. The normalized spacial score (nSPS) is 16.3. The fraction of sp³-hybridized carbons (Fsp3) is 0.350. The standard InChI is InChI=1S/C20H23N3O4/c24-20(11-8-16-6-9-17(10-7-16)23(25)26)21-15-18(19-5-4-14-27-19)22-12-2-1-3-13-22/h4-11,14,18H,1-3,12-13,15H2,(H,21,24)/b11-8+. The van der Waals surface area contributed by atoms with Gasteiger partial charge >= 0.3 is 0 Å². The van der Waals surface area contributed by atoms with E-state index < -0.39 is 4.92 Å². The third kappa shape index (κ3) is 5.27. The molecule has 1 aliphatic rings. The van der Waals surface area contributed by atoms with E-state index >= 15 is 0 Å². The van der Waals surface area contributed by atoms with E-state index in [1.165, 1.54) is 24.6 Å². The van der Waals surface area contributed by atoms with Crippen LogP contribution in [0, 0.1) is 10.1 Å². The van der Waals surface area contributed by atoms with E-state index in [9.17, 15) is 14.9 Å². The van der Waals surface area contributed by atoms with Crippen molar-refractivity contribution in [1.82, 2.24) is 10.2 Å². The Morgan fingerprint density at radius 3 is 2.59 bits per heavy atom. The number of hydrogen-bond acceptors (Lipinski definition) is 5. The highest BCUT2D eigenvalue weighted by molar-refractivity contribution is 5.91. The molecule has 7 heteroatoms. The smallest absolute Gasteiger partial charge is 0.269 e. The Balaban J connectivity index is 1.57. The Bertz CT molecular complexity index is 778. The predicted molar refractivity (Wildman–Crippen MR) is 102 cm³/mol. The van der Waals surface area contributed by atoms with Crippen molar-refractivity contribution in [3.05, 3.63) is 70.2 Å². The minimum Gasteiger partial charge on any atom is -0.468 e. The molecular formula is C20H23N3O4. The van der Waals surface area contributed by atoms with E-state index in [4.69, 9.17) is 4.42 Å². The van der Waals surface area contributed by atoms with E-state index in [1.807, 2.05) is 12.1 Å². The molecule has 1 fully saturated rings. The summed E-state index contributed by atoms with van der Waals surface area (Å²) >= 11 is 0. The Morgan fingerprint density at radius 2 is 1.96 bits per heavy atom. The molecule has 1 unspecified atom stereocenters. The summed E-state index contributed by atoms with van der Waals surface area (Å²) in [5.41, 5.74) is 0.758. The zero-order valence-electron chi connectivity index (χ0n) is 15.0. The molecule has 1 saturated heterocycles. The zero-order chi connectivity index (χ0) is 19.1. The molecule has 2 heterocycles. The molecule has 0 saturated carbocycles. The number of nitro groups is 1. The molecule has 0 aliphatic carbocycles. The fourth-order valence-corrected chi connectivity index (χ4v) is 3.26. The number of nitro benzene ring substituents is 1. The van der Waals surface area contributed by atoms with Crippen LogP contribution in [0.1, 0.15) is 36.6 Å². The summed E-state index contributed by atoms with van der Waals surface area (Å²) in [4.78, 5) is 24.8. The highest BCUT2D eigenvalue weighted by Crippen LogP contribution is 2.24. The van der Waals surface area contributed by atoms with Gasteiger partial charge in [0.2, 0.25) is 5.91 Å². The highest BCUT2D eigenvalue weighted by Gasteiger charge is 2.24. The maximum Gasteiger partial charge on any atom is 0.269 e. The number of nitrogens with one attached hydrogen (secondary N) is 1. The van der Waals surface area contributed by atoms with Crippen molar-refractivity contribution in [3.8, 4) is 0 Å². The van der Waals surface area contributed by atoms with Crippen LogP contribution in [0.5, 0.6) is 0 Å². The first-order chi connectivity index (χ1) is 13.1. The fourth-order valence-electron chi connectivity index (χ4n) is 3.26. The lowest BCUT2D eigenvalue weighted by Crippen LogP contribution is -2.40. The quantitative estimate of drug-likeness (QED) is 0.458. The van der Waals surface area contributed by atoms with E-state index in [1.54, 1.807) is 24.5 Å². The second-order valence-corrected chi connectivity index (χ2v) is 6.55. The van der Waals surface area contributed by atoms with Gasteiger partial charge in [0, 0.05) is 24.8 Å². The molecule has 1 aromatic heterocycles. The van der Waals surface area contributed by atoms with E-state index in [0.717, 1.165) is 37.3 Å². The predicted octanol–water partition coefficient (Wildman–Crippen LogP) is 3.54. The van der Waals surface area contributed by atoms with Crippen molar-refractivity contribution in [2.24, 2.45) is 0 Å². The van der Waals surface area contributed by atoms with E-state index in [0.29, 0.717) is 6.54 Å². The molecule has 1 aromatic carbocycles. The van der Waals surface area contributed by atoms with Crippen LogP contribution in [-0.2, 0) is 4.79 Å². The molecule has 3 rings (SSSR count). The molecule has 0 bridgehead atoms. The number of nitrogens with zero attached hydrogens (tertiary/aromatic N) is 2. The first-order valence-corrected chi connectivity index (χ1v) is 9.11. The number of carbonyl (C=O) groups is 1. The van der Waals surface area contributed by atoms with Gasteiger partial charge in [-0.2, -0.15) is 0 Å². The summed E-state index contributed by atoms with van der Waals surface area (Å²) in [7, 11) is 0. The van der Waals surface area contributed by atoms with Crippen LogP contribution in [0.4, 0.5) is 5.69 Å². The zero-order valence-corrected chi connectivity index (χ0v) is 15.0. The summed E-state index contributed by atoms with van der Waals surface area (Å²) in [6, 6.07) is 9.89. The van der Waals surface area contributed by atoms with Crippen molar-refractivity contribution in [2.75, 3.05) is 19.6 Å². The summed E-state index contributed by atoms with van der Waals surface area (Å²) in [6.45, 7) is 2.47. The first kappa shape index (κ1) is 18.8. The first-order valence-electron chi connectivity index (χ1n) is 9.11. The van der Waals surface area contributed by atoms with Crippen LogP contribution >= 0.6 is 0 Å². The lowest BCUT2D eigenvalue weighted by Gasteiger charge is -2.33. The number of piperidine rings is 1. The second-order valence-electron chi connectivity index (χ2n) is 6.55. The lowest BCUT2D eigenvalue weighted by atomic mass is 10.1. The summed E-state index contributed by atoms with van der Waals surface area (Å²) in [5, 5.41) is 13.6. The number of furan rings is 1. The van der Waals surface area contributed by atoms with Gasteiger partial charge in [-0.05, 0) is 61.8 Å². The Morgan fingerprint density at radius 1 is 1.22 bits per heavy atom. The average molecular weight is 369 g/mol. The third-order valence-corrected chi connectivity index (χ3v) is 4.70. The molecule has 0 radical (unpaired) electrons. The van der Waals surface area contributed by atoms with Gasteiger partial charge in [-0.3, -0.25) is 19.8 Å². The molecule has 1 atom stereocenters. The molecule has 1 aliphatic heterocycles. The average Bonchev–Trinajstić information content (AvgIpc) is 3.22. The number of benzene rings is 1. The minimum atomic E-state index is -0.449. The van der Waals surface area contributed by atoms with E-state index in [2.05, 4.69) is 10.2 Å². The van der Waals surface area contributed by atoms with Crippen LogP contribution in [0.2, 0.25) is 0 Å². The van der Waals surface area contributed by atoms with Crippen molar-refractivity contribution in [2.45, 2.75) is 25.3 Å². The summed E-state index contributed by atoms with van der Waals surface area (Å²) < 4.78 is 5.57. The molecule has 1 amide bonds. The largest absolute Gasteiger partial charge is 0.468 e. The maximum atomic E-state index is 12.2. The van der Waals surface area contributed by atoms with Crippen LogP contribution in [0.3, 0.4) is 0 Å². The Labute approximate surface area is 157 Å². The third-order valence-electron chi connectivity index (χ3n) is 4.70. The number of amides is 1. The summed E-state index contributed by atoms with van der Waals surface area (Å²) in [6.07, 6.45) is 8.29. The van der Waals surface area contributed by atoms with Gasteiger partial charge in [0.05, 0.1) is 17.2 Å². The number of likely N-dealkylation sites (tertiary alicyclic amines) is 1. The summed E-state index contributed by atoms with van der Waals surface area (Å²) in [5.74, 6) is 0.651. The van der Waals surface area contributed by atoms with Gasteiger partial charge in [0.1, 0.15) is 5.76 Å². The van der Waals surface area contributed by atoms with E-state index in [-0.39, 0.29) is 17.6 Å². The monoisotopic (exact) mass is 369 g/mol. The van der Waals surface area contributed by atoms with Crippen LogP contribution in [0.15, 0.2) is 53.2 Å². The van der Waals surface area contributed by atoms with Gasteiger partial charge in [-0.1, -0.05) is 6.42 Å². The number of carbonyl (C=O) groups excluding carboxylic acids is 1. The number of rotatable bonds is 7. The van der Waals surface area contributed by atoms with Crippen molar-refractivity contribution in [1.29, 1.82) is 0 Å². The maximum absolute atomic E-state index is 12.2. The molecular weight excluding hydrogens is 346 g/mol. The van der Waals surface area contributed by atoms with Gasteiger partial charge in [-0.25, -0.2) is 0 Å². The Hall–Kier alpha value is -2.93. The van der Waals surface area contributed by atoms with Crippen LogP contribution in [-0.4, -0.2) is 35.4 Å².